The summed E-state index contributed by atoms with van der Waals surface area (Å²) < 4.78 is 26.8. The van der Waals surface area contributed by atoms with Crippen molar-refractivity contribution in [1.82, 2.24) is 10.0 Å². The van der Waals surface area contributed by atoms with E-state index in [1.54, 1.807) is 12.1 Å². The SMILES string of the molecule is CCCC(NC(=O)CCc1ccc(S(=O)(=O)NC2CC2)cc1)C(=O)O. The second-order valence-electron chi connectivity index (χ2n) is 6.29. The quantitative estimate of drug-likeness (QED) is 0.578. The maximum absolute atomic E-state index is 12.1. The molecule has 8 heteroatoms. The maximum Gasteiger partial charge on any atom is 0.326 e. The van der Waals surface area contributed by atoms with E-state index in [4.69, 9.17) is 5.11 Å². The van der Waals surface area contributed by atoms with Crippen LogP contribution in [0, 0.1) is 0 Å². The van der Waals surface area contributed by atoms with Crippen molar-refractivity contribution in [1.29, 1.82) is 0 Å². The van der Waals surface area contributed by atoms with E-state index in [2.05, 4.69) is 10.0 Å². The predicted octanol–water partition coefficient (Wildman–Crippen LogP) is 1.43. The fourth-order valence-electron chi connectivity index (χ4n) is 2.39. The Hall–Kier alpha value is -1.93. The van der Waals surface area contributed by atoms with E-state index in [9.17, 15) is 18.0 Å². The molecule has 0 aromatic heterocycles. The van der Waals surface area contributed by atoms with Crippen molar-refractivity contribution >= 4 is 21.9 Å². The highest BCUT2D eigenvalue weighted by Gasteiger charge is 2.27. The molecule has 0 aliphatic heterocycles. The van der Waals surface area contributed by atoms with E-state index in [-0.39, 0.29) is 23.3 Å². The normalized spacial score (nSPS) is 15.6. The van der Waals surface area contributed by atoms with Gasteiger partial charge in [0.25, 0.3) is 0 Å². The summed E-state index contributed by atoms with van der Waals surface area (Å²) in [7, 11) is -3.47. The van der Waals surface area contributed by atoms with E-state index in [0.717, 1.165) is 18.4 Å². The molecule has 0 saturated heterocycles. The number of carbonyl (C=O) groups is 2. The lowest BCUT2D eigenvalue weighted by Gasteiger charge is -2.13. The average molecular weight is 368 g/mol. The number of amides is 1. The van der Waals surface area contributed by atoms with Gasteiger partial charge in [0.1, 0.15) is 6.04 Å². The fourth-order valence-corrected chi connectivity index (χ4v) is 3.70. The van der Waals surface area contributed by atoms with Crippen LogP contribution < -0.4 is 10.0 Å². The first-order valence-corrected chi connectivity index (χ1v) is 9.93. The first-order chi connectivity index (χ1) is 11.8. The van der Waals surface area contributed by atoms with Gasteiger partial charge in [-0.05, 0) is 43.4 Å². The van der Waals surface area contributed by atoms with Gasteiger partial charge in [-0.3, -0.25) is 4.79 Å². The fraction of sp³-hybridized carbons (Fsp3) is 0.529. The van der Waals surface area contributed by atoms with Gasteiger partial charge in [-0.1, -0.05) is 25.5 Å². The van der Waals surface area contributed by atoms with E-state index in [1.165, 1.54) is 12.1 Å². The third-order valence-corrected chi connectivity index (χ3v) is 5.52. The van der Waals surface area contributed by atoms with Gasteiger partial charge in [0.05, 0.1) is 4.90 Å². The number of carboxylic acid groups (broad SMARTS) is 1. The highest BCUT2D eigenvalue weighted by Crippen LogP contribution is 2.22. The van der Waals surface area contributed by atoms with Gasteiger partial charge < -0.3 is 10.4 Å². The Balaban J connectivity index is 1.86. The summed E-state index contributed by atoms with van der Waals surface area (Å²) in [4.78, 5) is 23.1. The standard InChI is InChI=1S/C17H24N2O5S/c1-2-3-15(17(21)22)18-16(20)11-6-12-4-9-14(10-5-12)25(23,24)19-13-7-8-13/h4-5,9-10,13,15,19H,2-3,6-8,11H2,1H3,(H,18,20)(H,21,22). The zero-order chi connectivity index (χ0) is 18.4. The minimum absolute atomic E-state index is 0.0543. The minimum Gasteiger partial charge on any atom is -0.480 e. The second-order valence-corrected chi connectivity index (χ2v) is 8.00. The molecule has 0 spiro atoms. The van der Waals surface area contributed by atoms with Gasteiger partial charge in [-0.25, -0.2) is 17.9 Å². The van der Waals surface area contributed by atoms with Gasteiger partial charge >= 0.3 is 5.97 Å². The van der Waals surface area contributed by atoms with Crippen molar-refractivity contribution in [2.24, 2.45) is 0 Å². The van der Waals surface area contributed by atoms with E-state index < -0.39 is 22.0 Å². The molecule has 1 amide bonds. The molecule has 138 valence electrons. The zero-order valence-electron chi connectivity index (χ0n) is 14.2. The van der Waals surface area contributed by atoms with Crippen LogP contribution in [0.2, 0.25) is 0 Å². The molecular formula is C17H24N2O5S. The summed E-state index contributed by atoms with van der Waals surface area (Å²) in [5.41, 5.74) is 0.822. The third-order valence-electron chi connectivity index (χ3n) is 3.98. The first-order valence-electron chi connectivity index (χ1n) is 8.45. The Morgan fingerprint density at radius 3 is 2.40 bits per heavy atom. The van der Waals surface area contributed by atoms with E-state index in [1.807, 2.05) is 6.92 Å². The topological polar surface area (TPSA) is 113 Å². The van der Waals surface area contributed by atoms with E-state index >= 15 is 0 Å². The molecule has 1 aromatic carbocycles. The molecule has 0 radical (unpaired) electrons. The molecule has 1 unspecified atom stereocenters. The number of aliphatic carboxylic acids is 1. The van der Waals surface area contributed by atoms with Crippen LogP contribution in [0.5, 0.6) is 0 Å². The van der Waals surface area contributed by atoms with Crippen molar-refractivity contribution in [2.45, 2.75) is 62.4 Å². The molecule has 25 heavy (non-hydrogen) atoms. The molecule has 1 fully saturated rings. The van der Waals surface area contributed by atoms with Gasteiger partial charge in [0.2, 0.25) is 15.9 Å². The van der Waals surface area contributed by atoms with Crippen LogP contribution in [0.25, 0.3) is 0 Å². The Morgan fingerprint density at radius 2 is 1.88 bits per heavy atom. The Kier molecular flexibility index (Phi) is 6.55. The minimum atomic E-state index is -3.47. The van der Waals surface area contributed by atoms with Gasteiger partial charge in [-0.2, -0.15) is 0 Å². The summed E-state index contributed by atoms with van der Waals surface area (Å²) in [5.74, 6) is -1.36. The summed E-state index contributed by atoms with van der Waals surface area (Å²) in [6.07, 6.45) is 3.38. The van der Waals surface area contributed by atoms with Crippen LogP contribution in [-0.2, 0) is 26.0 Å². The summed E-state index contributed by atoms with van der Waals surface area (Å²) in [6.45, 7) is 1.86. The number of benzene rings is 1. The van der Waals surface area contributed by atoms with Crippen molar-refractivity contribution < 1.29 is 23.1 Å². The lowest BCUT2D eigenvalue weighted by molar-refractivity contribution is -0.142. The third kappa shape index (κ3) is 6.13. The predicted molar refractivity (Wildman–Crippen MR) is 92.6 cm³/mol. The zero-order valence-corrected chi connectivity index (χ0v) is 15.0. The highest BCUT2D eigenvalue weighted by atomic mass is 32.2. The number of nitrogens with one attached hydrogen (secondary N) is 2. The number of hydrogen-bond donors (Lipinski definition) is 3. The van der Waals surface area contributed by atoms with E-state index in [0.29, 0.717) is 19.3 Å². The molecule has 1 aromatic rings. The molecule has 0 heterocycles. The van der Waals surface area contributed by atoms with Crippen LogP contribution in [0.15, 0.2) is 29.2 Å². The highest BCUT2D eigenvalue weighted by molar-refractivity contribution is 7.89. The number of sulfonamides is 1. The lowest BCUT2D eigenvalue weighted by Crippen LogP contribution is -2.40. The number of carboxylic acids is 1. The second kappa shape index (κ2) is 8.44. The van der Waals surface area contributed by atoms with Crippen molar-refractivity contribution in [3.63, 3.8) is 0 Å². The monoisotopic (exact) mass is 368 g/mol. The Morgan fingerprint density at radius 1 is 1.24 bits per heavy atom. The van der Waals surface area contributed by atoms with Crippen LogP contribution in [0.4, 0.5) is 0 Å². The molecule has 1 saturated carbocycles. The van der Waals surface area contributed by atoms with Crippen LogP contribution in [0.1, 0.15) is 44.6 Å². The molecule has 1 aliphatic carbocycles. The largest absolute Gasteiger partial charge is 0.480 e. The number of hydrogen-bond acceptors (Lipinski definition) is 4. The Labute approximate surface area is 147 Å². The summed E-state index contributed by atoms with van der Waals surface area (Å²) >= 11 is 0. The smallest absolute Gasteiger partial charge is 0.326 e. The van der Waals surface area contributed by atoms with Gasteiger partial charge in [0, 0.05) is 12.5 Å². The Bertz CT molecular complexity index is 711. The summed E-state index contributed by atoms with van der Waals surface area (Å²) in [6, 6.07) is 5.59. The summed E-state index contributed by atoms with van der Waals surface area (Å²) in [5, 5.41) is 11.5. The number of rotatable bonds is 10. The van der Waals surface area contributed by atoms with Crippen molar-refractivity contribution in [3.8, 4) is 0 Å². The number of aryl methyl sites for hydroxylation is 1. The lowest BCUT2D eigenvalue weighted by atomic mass is 10.1. The van der Waals surface area contributed by atoms with Crippen LogP contribution in [0.3, 0.4) is 0 Å². The molecule has 3 N–H and O–H groups in total. The molecule has 0 bridgehead atoms. The molecule has 1 atom stereocenters. The molecule has 1 aliphatic rings. The molecule has 7 nitrogen and oxygen atoms in total. The van der Waals surface area contributed by atoms with Crippen molar-refractivity contribution in [2.75, 3.05) is 0 Å². The van der Waals surface area contributed by atoms with Gasteiger partial charge in [0.15, 0.2) is 0 Å². The molecular weight excluding hydrogens is 344 g/mol. The number of carbonyl (C=O) groups excluding carboxylic acids is 1. The van der Waals surface area contributed by atoms with Crippen LogP contribution in [-0.4, -0.2) is 37.5 Å². The van der Waals surface area contributed by atoms with Gasteiger partial charge in [-0.15, -0.1) is 0 Å². The van der Waals surface area contributed by atoms with Crippen molar-refractivity contribution in [3.05, 3.63) is 29.8 Å². The maximum atomic E-state index is 12.1. The van der Waals surface area contributed by atoms with Crippen LogP contribution >= 0.6 is 0 Å². The average Bonchev–Trinajstić information content (AvgIpc) is 3.36. The molecule has 2 rings (SSSR count). The first kappa shape index (κ1) is 19.4.